The van der Waals surface area contributed by atoms with Crippen LogP contribution in [-0.4, -0.2) is 20.4 Å². The molecule has 0 fully saturated rings. The molecule has 106 valence electrons. The lowest BCUT2D eigenvalue weighted by Gasteiger charge is -1.99. The number of halogens is 1. The lowest BCUT2D eigenvalue weighted by Crippen LogP contribution is -1.91. The standard InChI is InChI=1S/C15H11BrN2O3/c16-13-4-2-1-3-9(13)7-14-17-15(21-18-14)10-5-11(19)8-12(20)6-10/h1-6,8,19-20H,7H2. The maximum atomic E-state index is 9.48. The Labute approximate surface area is 129 Å². The molecule has 1 heterocycles. The SMILES string of the molecule is Oc1cc(O)cc(-c2nc(Cc3ccccc3Br)no2)c1. The first kappa shape index (κ1) is 13.6. The van der Waals surface area contributed by atoms with Gasteiger partial charge in [-0.05, 0) is 23.8 Å². The van der Waals surface area contributed by atoms with Gasteiger partial charge in [0.15, 0.2) is 5.82 Å². The van der Waals surface area contributed by atoms with E-state index in [-0.39, 0.29) is 17.4 Å². The van der Waals surface area contributed by atoms with E-state index in [4.69, 9.17) is 4.52 Å². The molecule has 0 aliphatic heterocycles. The molecule has 0 radical (unpaired) electrons. The second kappa shape index (κ2) is 5.57. The lowest BCUT2D eigenvalue weighted by molar-refractivity contribution is 0.421. The highest BCUT2D eigenvalue weighted by molar-refractivity contribution is 9.10. The summed E-state index contributed by atoms with van der Waals surface area (Å²) in [6.07, 6.45) is 0.524. The van der Waals surface area contributed by atoms with E-state index >= 15 is 0 Å². The van der Waals surface area contributed by atoms with Crippen LogP contribution < -0.4 is 0 Å². The molecule has 0 aliphatic carbocycles. The van der Waals surface area contributed by atoms with Crippen molar-refractivity contribution in [2.24, 2.45) is 0 Å². The van der Waals surface area contributed by atoms with Crippen LogP contribution in [0.25, 0.3) is 11.5 Å². The van der Waals surface area contributed by atoms with Crippen LogP contribution in [0.5, 0.6) is 11.5 Å². The summed E-state index contributed by atoms with van der Waals surface area (Å²) in [7, 11) is 0. The van der Waals surface area contributed by atoms with E-state index in [9.17, 15) is 10.2 Å². The van der Waals surface area contributed by atoms with Gasteiger partial charge in [0.25, 0.3) is 5.89 Å². The topological polar surface area (TPSA) is 79.4 Å². The predicted octanol–water partition coefficient (Wildman–Crippen LogP) is 3.50. The van der Waals surface area contributed by atoms with E-state index in [0.29, 0.717) is 17.8 Å². The number of aromatic nitrogens is 2. The first-order chi connectivity index (χ1) is 10.1. The number of hydrogen-bond donors (Lipinski definition) is 2. The van der Waals surface area contributed by atoms with Gasteiger partial charge in [0, 0.05) is 22.5 Å². The van der Waals surface area contributed by atoms with Crippen molar-refractivity contribution in [3.63, 3.8) is 0 Å². The lowest BCUT2D eigenvalue weighted by atomic mass is 10.1. The maximum absolute atomic E-state index is 9.48. The largest absolute Gasteiger partial charge is 0.508 e. The van der Waals surface area contributed by atoms with Gasteiger partial charge in [0.1, 0.15) is 11.5 Å². The molecule has 6 heteroatoms. The van der Waals surface area contributed by atoms with Gasteiger partial charge in [-0.1, -0.05) is 39.3 Å². The summed E-state index contributed by atoms with van der Waals surface area (Å²) in [6.45, 7) is 0. The Bertz CT molecular complexity index is 766. The first-order valence-corrected chi connectivity index (χ1v) is 7.00. The number of nitrogens with zero attached hydrogens (tertiary/aromatic N) is 2. The fourth-order valence-electron chi connectivity index (χ4n) is 1.97. The molecule has 1 aromatic heterocycles. The zero-order chi connectivity index (χ0) is 14.8. The molecule has 21 heavy (non-hydrogen) atoms. The van der Waals surface area contributed by atoms with Crippen molar-refractivity contribution in [3.8, 4) is 23.0 Å². The molecule has 0 aliphatic rings. The van der Waals surface area contributed by atoms with Crippen molar-refractivity contribution in [1.29, 1.82) is 0 Å². The minimum absolute atomic E-state index is 0.0597. The summed E-state index contributed by atoms with van der Waals surface area (Å²) in [4.78, 5) is 4.28. The number of phenolic OH excluding ortho intramolecular Hbond substituents is 2. The molecule has 0 bridgehead atoms. The highest BCUT2D eigenvalue weighted by Crippen LogP contribution is 2.28. The smallest absolute Gasteiger partial charge is 0.258 e. The Balaban J connectivity index is 1.88. The highest BCUT2D eigenvalue weighted by atomic mass is 79.9. The molecule has 0 unspecified atom stereocenters. The molecule has 0 atom stereocenters. The van der Waals surface area contributed by atoms with Crippen LogP contribution in [0.2, 0.25) is 0 Å². The molecule has 0 saturated carbocycles. The van der Waals surface area contributed by atoms with Gasteiger partial charge >= 0.3 is 0 Å². The van der Waals surface area contributed by atoms with Crippen LogP contribution in [0.3, 0.4) is 0 Å². The van der Waals surface area contributed by atoms with Crippen molar-refractivity contribution in [1.82, 2.24) is 10.1 Å². The van der Waals surface area contributed by atoms with Crippen LogP contribution in [0.15, 0.2) is 51.5 Å². The Morgan fingerprint density at radius 3 is 2.48 bits per heavy atom. The molecular formula is C15H11BrN2O3. The summed E-state index contributed by atoms with van der Waals surface area (Å²) in [5, 5.41) is 22.9. The van der Waals surface area contributed by atoms with Gasteiger partial charge in [-0.2, -0.15) is 4.98 Å². The van der Waals surface area contributed by atoms with Crippen molar-refractivity contribution in [2.75, 3.05) is 0 Å². The van der Waals surface area contributed by atoms with E-state index < -0.39 is 0 Å². The van der Waals surface area contributed by atoms with Crippen molar-refractivity contribution < 1.29 is 14.7 Å². The van der Waals surface area contributed by atoms with Crippen LogP contribution in [0.4, 0.5) is 0 Å². The third-order valence-corrected chi connectivity index (χ3v) is 3.70. The average molecular weight is 347 g/mol. The second-order valence-corrected chi connectivity index (χ2v) is 5.38. The van der Waals surface area contributed by atoms with Crippen LogP contribution in [0.1, 0.15) is 11.4 Å². The van der Waals surface area contributed by atoms with Crippen molar-refractivity contribution in [3.05, 3.63) is 58.3 Å². The van der Waals surface area contributed by atoms with E-state index in [0.717, 1.165) is 10.0 Å². The molecule has 5 nitrogen and oxygen atoms in total. The van der Waals surface area contributed by atoms with Crippen LogP contribution in [0, 0.1) is 0 Å². The van der Waals surface area contributed by atoms with Crippen molar-refractivity contribution in [2.45, 2.75) is 6.42 Å². The Kier molecular flexibility index (Phi) is 3.62. The minimum Gasteiger partial charge on any atom is -0.508 e. The fourth-order valence-corrected chi connectivity index (χ4v) is 2.40. The van der Waals surface area contributed by atoms with E-state index in [1.54, 1.807) is 0 Å². The number of rotatable bonds is 3. The zero-order valence-electron chi connectivity index (χ0n) is 10.8. The summed E-state index contributed by atoms with van der Waals surface area (Å²) in [6, 6.07) is 11.9. The van der Waals surface area contributed by atoms with E-state index in [1.165, 1.54) is 18.2 Å². The van der Waals surface area contributed by atoms with E-state index in [2.05, 4.69) is 26.1 Å². The molecular weight excluding hydrogens is 336 g/mol. The van der Waals surface area contributed by atoms with Crippen LogP contribution in [-0.2, 0) is 6.42 Å². The Morgan fingerprint density at radius 2 is 1.76 bits per heavy atom. The highest BCUT2D eigenvalue weighted by Gasteiger charge is 2.12. The fraction of sp³-hybridized carbons (Fsp3) is 0.0667. The number of hydrogen-bond acceptors (Lipinski definition) is 5. The molecule has 0 amide bonds. The van der Waals surface area contributed by atoms with Gasteiger partial charge in [-0.25, -0.2) is 0 Å². The normalized spacial score (nSPS) is 10.7. The monoisotopic (exact) mass is 346 g/mol. The molecule has 0 saturated heterocycles. The Hall–Kier alpha value is -2.34. The summed E-state index contributed by atoms with van der Waals surface area (Å²) in [5.74, 6) is 0.661. The average Bonchev–Trinajstić information content (AvgIpc) is 2.89. The Morgan fingerprint density at radius 1 is 1.05 bits per heavy atom. The van der Waals surface area contributed by atoms with Crippen LogP contribution >= 0.6 is 15.9 Å². The van der Waals surface area contributed by atoms with Gasteiger partial charge in [-0.3, -0.25) is 0 Å². The van der Waals surface area contributed by atoms with Gasteiger partial charge < -0.3 is 14.7 Å². The molecule has 3 rings (SSSR count). The van der Waals surface area contributed by atoms with Gasteiger partial charge in [0.05, 0.1) is 0 Å². The maximum Gasteiger partial charge on any atom is 0.258 e. The molecule has 0 spiro atoms. The zero-order valence-corrected chi connectivity index (χ0v) is 12.4. The van der Waals surface area contributed by atoms with Crippen molar-refractivity contribution >= 4 is 15.9 Å². The molecule has 3 aromatic rings. The van der Waals surface area contributed by atoms with Gasteiger partial charge in [0.2, 0.25) is 0 Å². The minimum atomic E-state index is -0.0597. The first-order valence-electron chi connectivity index (χ1n) is 6.21. The molecule has 2 aromatic carbocycles. The number of aromatic hydroxyl groups is 2. The second-order valence-electron chi connectivity index (χ2n) is 4.52. The number of benzene rings is 2. The number of phenols is 2. The summed E-state index contributed by atoms with van der Waals surface area (Å²) >= 11 is 3.47. The third kappa shape index (κ3) is 3.05. The summed E-state index contributed by atoms with van der Waals surface area (Å²) < 4.78 is 6.15. The quantitative estimate of drug-likeness (QED) is 0.758. The predicted molar refractivity (Wildman–Crippen MR) is 80.0 cm³/mol. The molecule has 2 N–H and O–H groups in total. The van der Waals surface area contributed by atoms with Gasteiger partial charge in [-0.15, -0.1) is 0 Å². The summed E-state index contributed by atoms with van der Waals surface area (Å²) in [5.41, 5.74) is 1.52. The third-order valence-electron chi connectivity index (χ3n) is 2.92. The van der Waals surface area contributed by atoms with E-state index in [1.807, 2.05) is 24.3 Å².